The van der Waals surface area contributed by atoms with Crippen molar-refractivity contribution in [1.82, 2.24) is 20.2 Å². The Labute approximate surface area is 159 Å². The van der Waals surface area contributed by atoms with Gasteiger partial charge in [0, 0.05) is 51.4 Å². The van der Waals surface area contributed by atoms with E-state index in [0.29, 0.717) is 30.5 Å². The molecule has 2 rings (SSSR count). The number of aromatic nitrogens is 2. The van der Waals surface area contributed by atoms with E-state index in [1.807, 2.05) is 30.1 Å². The van der Waals surface area contributed by atoms with Crippen LogP contribution in [0.3, 0.4) is 0 Å². The molecule has 0 unspecified atom stereocenters. The Morgan fingerprint density at radius 1 is 1.38 bits per heavy atom. The van der Waals surface area contributed by atoms with E-state index >= 15 is 0 Å². The van der Waals surface area contributed by atoms with Crippen molar-refractivity contribution in [1.29, 1.82) is 0 Å². The lowest BCUT2D eigenvalue weighted by Gasteiger charge is -2.10. The zero-order valence-electron chi connectivity index (χ0n) is 13.2. The fraction of sp³-hybridized carbons (Fsp3) is 0.429. The van der Waals surface area contributed by atoms with Gasteiger partial charge in [-0.15, -0.1) is 35.3 Å². The predicted octanol–water partition coefficient (Wildman–Crippen LogP) is 3.03. The van der Waals surface area contributed by atoms with E-state index in [1.54, 1.807) is 7.05 Å². The number of rotatable bonds is 5. The van der Waals surface area contributed by atoms with Crippen LogP contribution in [-0.4, -0.2) is 29.1 Å². The van der Waals surface area contributed by atoms with Gasteiger partial charge in [0.1, 0.15) is 0 Å². The molecule has 0 aromatic carbocycles. The molecule has 0 bridgehead atoms. The van der Waals surface area contributed by atoms with Crippen LogP contribution in [-0.2, 0) is 26.2 Å². The van der Waals surface area contributed by atoms with Crippen LogP contribution in [0.5, 0.6) is 0 Å². The number of hydrogen-bond donors (Lipinski definition) is 2. The Morgan fingerprint density at radius 3 is 2.67 bits per heavy atom. The molecular formula is C14H19F3IN5S. The number of aliphatic imine (C=N–C) groups is 1. The molecule has 0 saturated carbocycles. The molecule has 0 amide bonds. The second-order valence-electron chi connectivity index (χ2n) is 4.91. The zero-order chi connectivity index (χ0) is 16.9. The van der Waals surface area contributed by atoms with Crippen LogP contribution in [0.25, 0.3) is 0 Å². The second kappa shape index (κ2) is 9.25. The summed E-state index contributed by atoms with van der Waals surface area (Å²) < 4.78 is 39.4. The molecule has 0 saturated heterocycles. The van der Waals surface area contributed by atoms with Crippen LogP contribution in [0.4, 0.5) is 13.2 Å². The fourth-order valence-electron chi connectivity index (χ4n) is 1.92. The lowest BCUT2D eigenvalue weighted by atomic mass is 10.3. The molecule has 5 nitrogen and oxygen atoms in total. The molecule has 0 fully saturated rings. The van der Waals surface area contributed by atoms with Crippen molar-refractivity contribution in [2.45, 2.75) is 19.1 Å². The number of guanidine groups is 1. The second-order valence-corrected chi connectivity index (χ2v) is 5.85. The Bertz CT molecular complexity index is 665. The third-order valence-electron chi connectivity index (χ3n) is 3.05. The van der Waals surface area contributed by atoms with Crippen LogP contribution in [0.1, 0.15) is 16.3 Å². The monoisotopic (exact) mass is 473 g/mol. The summed E-state index contributed by atoms with van der Waals surface area (Å²) in [6.45, 7) is 1.08. The average Bonchev–Trinajstić information content (AvgIpc) is 3.11. The van der Waals surface area contributed by atoms with E-state index in [1.165, 1.54) is 0 Å². The summed E-state index contributed by atoms with van der Waals surface area (Å²) in [5, 5.41) is 7.69. The smallest absolute Gasteiger partial charge is 0.357 e. The highest BCUT2D eigenvalue weighted by atomic mass is 127. The first kappa shape index (κ1) is 20.7. The predicted molar refractivity (Wildman–Crippen MR) is 99.8 cm³/mol. The minimum Gasteiger partial charge on any atom is -0.357 e. The van der Waals surface area contributed by atoms with Gasteiger partial charge < -0.3 is 15.2 Å². The zero-order valence-corrected chi connectivity index (χ0v) is 16.4. The topological polar surface area (TPSA) is 54.2 Å². The maximum absolute atomic E-state index is 12.5. The maximum atomic E-state index is 12.5. The SMILES string of the molecule is CN=C(NCCc1nc(C(F)(F)F)cs1)NCc1ccn(C)c1.I. The number of hydrogen-bond acceptors (Lipinski definition) is 3. The van der Waals surface area contributed by atoms with E-state index in [0.717, 1.165) is 22.3 Å². The van der Waals surface area contributed by atoms with Gasteiger partial charge in [-0.3, -0.25) is 4.99 Å². The van der Waals surface area contributed by atoms with Crippen molar-refractivity contribution in [3.05, 3.63) is 40.1 Å². The Kier molecular flexibility index (Phi) is 8.00. The van der Waals surface area contributed by atoms with Gasteiger partial charge in [0.25, 0.3) is 0 Å². The molecule has 2 aromatic heterocycles. The largest absolute Gasteiger partial charge is 0.434 e. The quantitative estimate of drug-likeness (QED) is 0.399. The maximum Gasteiger partial charge on any atom is 0.434 e. The van der Waals surface area contributed by atoms with E-state index in [2.05, 4.69) is 20.6 Å². The molecule has 2 N–H and O–H groups in total. The molecule has 0 atom stereocenters. The molecule has 0 aliphatic rings. The summed E-state index contributed by atoms with van der Waals surface area (Å²) in [6.07, 6.45) is -0.0232. The van der Waals surface area contributed by atoms with Crippen molar-refractivity contribution in [3.63, 3.8) is 0 Å². The van der Waals surface area contributed by atoms with Crippen LogP contribution in [0.2, 0.25) is 0 Å². The highest BCUT2D eigenvalue weighted by molar-refractivity contribution is 14.0. The number of halogens is 4. The number of nitrogens with zero attached hydrogens (tertiary/aromatic N) is 3. The van der Waals surface area contributed by atoms with Crippen molar-refractivity contribution < 1.29 is 13.2 Å². The first-order valence-corrected chi connectivity index (χ1v) is 7.83. The molecule has 10 heteroatoms. The Morgan fingerprint density at radius 2 is 2.12 bits per heavy atom. The first-order chi connectivity index (χ1) is 10.9. The van der Waals surface area contributed by atoms with Crippen molar-refractivity contribution >= 4 is 41.3 Å². The van der Waals surface area contributed by atoms with E-state index < -0.39 is 11.9 Å². The minimum absolute atomic E-state index is 0. The van der Waals surface area contributed by atoms with Crippen molar-refractivity contribution in [2.75, 3.05) is 13.6 Å². The molecule has 0 radical (unpaired) electrons. The summed E-state index contributed by atoms with van der Waals surface area (Å²) >= 11 is 1.01. The highest BCUT2D eigenvalue weighted by Crippen LogP contribution is 2.29. The van der Waals surface area contributed by atoms with Gasteiger partial charge in [0.15, 0.2) is 11.7 Å². The summed E-state index contributed by atoms with van der Waals surface area (Å²) in [4.78, 5) is 7.67. The van der Waals surface area contributed by atoms with Gasteiger partial charge in [-0.1, -0.05) is 0 Å². The first-order valence-electron chi connectivity index (χ1n) is 6.95. The standard InChI is InChI=1S/C14H18F3N5S.HI/c1-18-13(20-7-10-4-6-22(2)8-10)19-5-3-12-21-11(9-23-12)14(15,16)17;/h4,6,8-9H,3,5,7H2,1-2H3,(H2,18,19,20);1H. The van der Waals surface area contributed by atoms with Gasteiger partial charge in [-0.25, -0.2) is 4.98 Å². The van der Waals surface area contributed by atoms with Gasteiger partial charge in [0.2, 0.25) is 0 Å². The van der Waals surface area contributed by atoms with Crippen molar-refractivity contribution in [2.24, 2.45) is 12.0 Å². The molecule has 2 aromatic rings. The molecule has 0 aliphatic heterocycles. The number of alkyl halides is 3. The Balaban J connectivity index is 0.00000288. The lowest BCUT2D eigenvalue weighted by molar-refractivity contribution is -0.140. The molecule has 24 heavy (non-hydrogen) atoms. The third-order valence-corrected chi connectivity index (χ3v) is 3.96. The van der Waals surface area contributed by atoms with Crippen LogP contribution >= 0.6 is 35.3 Å². The molecule has 2 heterocycles. The fourth-order valence-corrected chi connectivity index (χ4v) is 2.72. The molecule has 0 aliphatic carbocycles. The van der Waals surface area contributed by atoms with Gasteiger partial charge in [0.05, 0.1) is 5.01 Å². The van der Waals surface area contributed by atoms with Gasteiger partial charge in [-0.2, -0.15) is 13.2 Å². The van der Waals surface area contributed by atoms with Crippen LogP contribution in [0, 0.1) is 0 Å². The summed E-state index contributed by atoms with van der Waals surface area (Å²) in [7, 11) is 3.59. The number of nitrogens with one attached hydrogen (secondary N) is 2. The molecule has 134 valence electrons. The highest BCUT2D eigenvalue weighted by Gasteiger charge is 2.33. The van der Waals surface area contributed by atoms with Gasteiger partial charge >= 0.3 is 6.18 Å². The molecule has 0 spiro atoms. The van der Waals surface area contributed by atoms with Crippen LogP contribution < -0.4 is 10.6 Å². The minimum atomic E-state index is -4.38. The number of aryl methyl sites for hydroxylation is 1. The Hall–Kier alpha value is -1.30. The van der Waals surface area contributed by atoms with Gasteiger partial charge in [-0.05, 0) is 11.6 Å². The lowest BCUT2D eigenvalue weighted by Crippen LogP contribution is -2.37. The number of thiazole rings is 1. The van der Waals surface area contributed by atoms with E-state index in [9.17, 15) is 13.2 Å². The van der Waals surface area contributed by atoms with E-state index in [4.69, 9.17) is 0 Å². The average molecular weight is 473 g/mol. The third kappa shape index (κ3) is 6.30. The summed E-state index contributed by atoms with van der Waals surface area (Å²) in [5.74, 6) is 0.599. The van der Waals surface area contributed by atoms with Crippen LogP contribution in [0.15, 0.2) is 28.8 Å². The van der Waals surface area contributed by atoms with Crippen molar-refractivity contribution in [3.8, 4) is 0 Å². The van der Waals surface area contributed by atoms with E-state index in [-0.39, 0.29) is 24.0 Å². The summed E-state index contributed by atoms with van der Waals surface area (Å²) in [5.41, 5.74) is 0.286. The summed E-state index contributed by atoms with van der Waals surface area (Å²) in [6, 6.07) is 1.99. The normalized spacial score (nSPS) is 12.0. The molecular weight excluding hydrogens is 454 g/mol.